The van der Waals surface area contributed by atoms with Gasteiger partial charge in [0.05, 0.1) is 12.1 Å². The number of ether oxygens (including phenoxy) is 1. The molecule has 0 amide bonds. The van der Waals surface area contributed by atoms with Crippen molar-refractivity contribution in [2.24, 2.45) is 11.8 Å². The van der Waals surface area contributed by atoms with Crippen molar-refractivity contribution in [1.29, 1.82) is 0 Å². The van der Waals surface area contributed by atoms with E-state index in [0.29, 0.717) is 17.9 Å². The lowest BCUT2D eigenvalue weighted by molar-refractivity contribution is -0.0203. The van der Waals surface area contributed by atoms with Gasteiger partial charge in [0.15, 0.2) is 0 Å². The number of nitrogens with one attached hydrogen (secondary N) is 1. The molecule has 1 N–H and O–H groups in total. The van der Waals surface area contributed by atoms with Crippen molar-refractivity contribution in [2.75, 3.05) is 29.9 Å². The van der Waals surface area contributed by atoms with Gasteiger partial charge in [0.1, 0.15) is 30.6 Å². The second kappa shape index (κ2) is 8.86. The minimum atomic E-state index is 0.231. The molecule has 2 aromatic heterocycles. The van der Waals surface area contributed by atoms with E-state index in [1.54, 1.807) is 19.0 Å². The molecular weight excluding hydrogens is 354 g/mol. The summed E-state index contributed by atoms with van der Waals surface area (Å²) in [5.41, 5.74) is 0. The predicted octanol–water partition coefficient (Wildman–Crippen LogP) is 2.60. The summed E-state index contributed by atoms with van der Waals surface area (Å²) in [6.45, 7) is 8.22. The fraction of sp³-hybridized carbons (Fsp3) is 0.700. The Morgan fingerprint density at radius 3 is 2.96 bits per heavy atom. The van der Waals surface area contributed by atoms with Gasteiger partial charge in [0.25, 0.3) is 0 Å². The second-order valence-corrected chi connectivity index (χ2v) is 8.31. The van der Waals surface area contributed by atoms with Crippen LogP contribution in [0, 0.1) is 11.8 Å². The maximum absolute atomic E-state index is 6.01. The maximum atomic E-state index is 6.01. The largest absolute Gasteiger partial charge is 0.376 e. The number of hydrogen-bond acceptors (Lipinski definition) is 7. The van der Waals surface area contributed by atoms with Crippen molar-refractivity contribution in [3.63, 3.8) is 0 Å². The average Bonchev–Trinajstić information content (AvgIpc) is 3.22. The van der Waals surface area contributed by atoms with Gasteiger partial charge in [-0.2, -0.15) is 5.10 Å². The van der Waals surface area contributed by atoms with Crippen molar-refractivity contribution in [3.05, 3.63) is 25.0 Å². The van der Waals surface area contributed by atoms with E-state index in [2.05, 4.69) is 50.2 Å². The van der Waals surface area contributed by atoms with Crippen LogP contribution in [0.3, 0.4) is 0 Å². The molecule has 2 aliphatic rings. The molecule has 0 bridgehead atoms. The van der Waals surface area contributed by atoms with E-state index in [1.807, 2.05) is 4.68 Å². The molecule has 0 saturated carbocycles. The van der Waals surface area contributed by atoms with Gasteiger partial charge in [-0.25, -0.2) is 15.0 Å². The Kier molecular flexibility index (Phi) is 6.04. The van der Waals surface area contributed by atoms with E-state index in [9.17, 15) is 0 Å². The fourth-order valence-corrected chi connectivity index (χ4v) is 4.42. The minimum absolute atomic E-state index is 0.231. The van der Waals surface area contributed by atoms with Crippen LogP contribution in [0.2, 0.25) is 0 Å². The Morgan fingerprint density at radius 1 is 1.21 bits per heavy atom. The summed E-state index contributed by atoms with van der Waals surface area (Å²) in [6, 6.07) is 2.39. The number of anilines is 2. The maximum Gasteiger partial charge on any atom is 0.137 e. The Morgan fingerprint density at radius 2 is 2.14 bits per heavy atom. The van der Waals surface area contributed by atoms with E-state index in [1.165, 1.54) is 6.42 Å². The monoisotopic (exact) mass is 385 g/mol. The summed E-state index contributed by atoms with van der Waals surface area (Å²) in [5, 5.41) is 7.86. The molecule has 152 valence electrons. The summed E-state index contributed by atoms with van der Waals surface area (Å²) in [7, 11) is 0. The zero-order valence-corrected chi connectivity index (χ0v) is 16.9. The lowest BCUT2D eigenvalue weighted by atomic mass is 9.93. The summed E-state index contributed by atoms with van der Waals surface area (Å²) in [5.74, 6) is 2.93. The van der Waals surface area contributed by atoms with Gasteiger partial charge in [-0.15, -0.1) is 0 Å². The Balaban J connectivity index is 1.41. The standard InChI is InChI=1S/C20H31N7O/c1-15(2)20-17(6-4-8-28-20)25-18-9-19(23-13-22-18)26-7-3-5-16(10-26)11-27-14-21-12-24-27/h9,12-17,20H,3-8,10-11H2,1-2H3,(H,22,23,25). The van der Waals surface area contributed by atoms with Gasteiger partial charge >= 0.3 is 0 Å². The SMILES string of the molecule is CC(C)C1OCCCC1Nc1cc(N2CCCC(Cn3cncn3)C2)ncn1. The molecular formula is C20H31N7O. The van der Waals surface area contributed by atoms with Crippen molar-refractivity contribution in [3.8, 4) is 0 Å². The average molecular weight is 386 g/mol. The summed E-state index contributed by atoms with van der Waals surface area (Å²) >= 11 is 0. The molecule has 2 saturated heterocycles. The molecule has 2 aromatic rings. The zero-order chi connectivity index (χ0) is 19.3. The van der Waals surface area contributed by atoms with Gasteiger partial charge in [0.2, 0.25) is 0 Å². The summed E-state index contributed by atoms with van der Waals surface area (Å²) in [6.07, 6.45) is 9.88. The Labute approximate surface area is 166 Å². The summed E-state index contributed by atoms with van der Waals surface area (Å²) < 4.78 is 7.93. The quantitative estimate of drug-likeness (QED) is 0.818. The third kappa shape index (κ3) is 4.60. The molecule has 2 fully saturated rings. The van der Waals surface area contributed by atoms with Gasteiger partial charge < -0.3 is 15.0 Å². The van der Waals surface area contributed by atoms with Crippen LogP contribution < -0.4 is 10.2 Å². The number of rotatable bonds is 6. The van der Waals surface area contributed by atoms with Gasteiger partial charge in [0, 0.05) is 32.3 Å². The van der Waals surface area contributed by atoms with Crippen LogP contribution in [0.5, 0.6) is 0 Å². The van der Waals surface area contributed by atoms with Crippen LogP contribution in [-0.2, 0) is 11.3 Å². The van der Waals surface area contributed by atoms with Crippen LogP contribution in [0.4, 0.5) is 11.6 Å². The van der Waals surface area contributed by atoms with E-state index in [-0.39, 0.29) is 6.10 Å². The number of nitrogens with zero attached hydrogens (tertiary/aromatic N) is 6. The highest BCUT2D eigenvalue weighted by atomic mass is 16.5. The second-order valence-electron chi connectivity index (χ2n) is 8.31. The molecule has 2 aliphatic heterocycles. The van der Waals surface area contributed by atoms with Crippen molar-refractivity contribution < 1.29 is 4.74 Å². The van der Waals surface area contributed by atoms with Crippen LogP contribution >= 0.6 is 0 Å². The zero-order valence-electron chi connectivity index (χ0n) is 16.9. The lowest BCUT2D eigenvalue weighted by Gasteiger charge is -2.36. The third-order valence-electron chi connectivity index (χ3n) is 5.76. The molecule has 8 heteroatoms. The Hall–Kier alpha value is -2.22. The number of piperidine rings is 1. The molecule has 3 atom stereocenters. The van der Waals surface area contributed by atoms with E-state index < -0.39 is 0 Å². The van der Waals surface area contributed by atoms with Crippen LogP contribution in [0.1, 0.15) is 39.5 Å². The van der Waals surface area contributed by atoms with Crippen molar-refractivity contribution >= 4 is 11.6 Å². The van der Waals surface area contributed by atoms with Crippen molar-refractivity contribution in [1.82, 2.24) is 24.7 Å². The van der Waals surface area contributed by atoms with Gasteiger partial charge in [-0.3, -0.25) is 4.68 Å². The normalized spacial score (nSPS) is 25.8. The molecule has 0 aliphatic carbocycles. The topological polar surface area (TPSA) is 81.0 Å². The first kappa shape index (κ1) is 19.1. The predicted molar refractivity (Wildman–Crippen MR) is 108 cm³/mol. The molecule has 4 rings (SSSR count). The highest BCUT2D eigenvalue weighted by molar-refractivity contribution is 5.49. The van der Waals surface area contributed by atoms with E-state index in [4.69, 9.17) is 4.74 Å². The highest BCUT2D eigenvalue weighted by Gasteiger charge is 2.29. The third-order valence-corrected chi connectivity index (χ3v) is 5.76. The molecule has 4 heterocycles. The van der Waals surface area contributed by atoms with E-state index >= 15 is 0 Å². The smallest absolute Gasteiger partial charge is 0.137 e. The lowest BCUT2D eigenvalue weighted by Crippen LogP contribution is -2.43. The minimum Gasteiger partial charge on any atom is -0.376 e. The van der Waals surface area contributed by atoms with Crippen molar-refractivity contribution in [2.45, 2.75) is 58.2 Å². The van der Waals surface area contributed by atoms with Gasteiger partial charge in [-0.05, 0) is 37.5 Å². The number of hydrogen-bond donors (Lipinski definition) is 1. The molecule has 28 heavy (non-hydrogen) atoms. The molecule has 0 aromatic carbocycles. The molecule has 8 nitrogen and oxygen atoms in total. The van der Waals surface area contributed by atoms with Crippen LogP contribution in [-0.4, -0.2) is 56.6 Å². The molecule has 0 spiro atoms. The van der Waals surface area contributed by atoms with Crippen LogP contribution in [0.15, 0.2) is 25.0 Å². The Bertz CT molecular complexity index is 736. The first-order chi connectivity index (χ1) is 13.7. The first-order valence-corrected chi connectivity index (χ1v) is 10.5. The van der Waals surface area contributed by atoms with Gasteiger partial charge in [-0.1, -0.05) is 13.8 Å². The number of aromatic nitrogens is 5. The highest BCUT2D eigenvalue weighted by Crippen LogP contribution is 2.26. The molecule has 0 radical (unpaired) electrons. The first-order valence-electron chi connectivity index (χ1n) is 10.5. The molecule has 3 unspecified atom stereocenters. The van der Waals surface area contributed by atoms with Crippen LogP contribution in [0.25, 0.3) is 0 Å². The van der Waals surface area contributed by atoms with E-state index in [0.717, 1.165) is 57.1 Å². The fourth-order valence-electron chi connectivity index (χ4n) is 4.42. The summed E-state index contributed by atoms with van der Waals surface area (Å²) in [4.78, 5) is 15.4.